The van der Waals surface area contributed by atoms with Crippen molar-refractivity contribution in [3.8, 4) is 5.75 Å². The number of fused-ring (bicyclic) bond motifs is 1. The second kappa shape index (κ2) is 9.04. The molecule has 0 saturated carbocycles. The molecule has 1 N–H and O–H groups in total. The van der Waals surface area contributed by atoms with Crippen molar-refractivity contribution < 1.29 is 9.53 Å². The van der Waals surface area contributed by atoms with Crippen LogP contribution in [0.15, 0.2) is 42.5 Å². The zero-order valence-corrected chi connectivity index (χ0v) is 18.7. The highest BCUT2D eigenvalue weighted by Gasteiger charge is 2.27. The molecule has 0 bridgehead atoms. The van der Waals surface area contributed by atoms with Gasteiger partial charge in [-0.3, -0.25) is 4.79 Å². The number of hydrogen-bond acceptors (Lipinski definition) is 5. The van der Waals surface area contributed by atoms with Crippen molar-refractivity contribution in [3.63, 3.8) is 0 Å². The average molecular weight is 424 g/mol. The van der Waals surface area contributed by atoms with Gasteiger partial charge in [0.15, 0.2) is 5.13 Å². The first kappa shape index (κ1) is 20.7. The predicted octanol–water partition coefficient (Wildman–Crippen LogP) is 5.67. The van der Waals surface area contributed by atoms with Crippen molar-refractivity contribution in [2.45, 2.75) is 39.5 Å². The molecule has 6 heteroatoms. The lowest BCUT2D eigenvalue weighted by molar-refractivity contribution is -0.120. The molecule has 2 aromatic carbocycles. The van der Waals surface area contributed by atoms with Gasteiger partial charge in [0.25, 0.3) is 0 Å². The van der Waals surface area contributed by atoms with E-state index in [0.29, 0.717) is 19.1 Å². The molecule has 2 heterocycles. The van der Waals surface area contributed by atoms with Crippen LogP contribution in [0.2, 0.25) is 0 Å². The van der Waals surface area contributed by atoms with Gasteiger partial charge >= 0.3 is 0 Å². The Balaban J connectivity index is 1.43. The Labute approximate surface area is 182 Å². The fourth-order valence-corrected chi connectivity index (χ4v) is 4.87. The zero-order chi connectivity index (χ0) is 21.1. The van der Waals surface area contributed by atoms with E-state index in [9.17, 15) is 4.79 Å². The molecule has 1 atom stereocenters. The van der Waals surface area contributed by atoms with Gasteiger partial charge in [0, 0.05) is 18.8 Å². The summed E-state index contributed by atoms with van der Waals surface area (Å²) in [6, 6.07) is 14.2. The van der Waals surface area contributed by atoms with Crippen LogP contribution >= 0.6 is 11.3 Å². The maximum absolute atomic E-state index is 12.9. The molecule has 3 aromatic rings. The van der Waals surface area contributed by atoms with Crippen molar-refractivity contribution in [2.24, 2.45) is 5.92 Å². The van der Waals surface area contributed by atoms with E-state index in [4.69, 9.17) is 9.72 Å². The number of anilines is 2. The number of piperidine rings is 1. The van der Waals surface area contributed by atoms with Crippen LogP contribution in [0.5, 0.6) is 5.75 Å². The Morgan fingerprint density at radius 2 is 2.07 bits per heavy atom. The van der Waals surface area contributed by atoms with E-state index >= 15 is 0 Å². The van der Waals surface area contributed by atoms with Crippen molar-refractivity contribution in [2.75, 3.05) is 29.9 Å². The summed E-state index contributed by atoms with van der Waals surface area (Å²) in [4.78, 5) is 19.9. The highest BCUT2D eigenvalue weighted by atomic mass is 32.1. The van der Waals surface area contributed by atoms with E-state index in [1.165, 1.54) is 5.56 Å². The molecule has 0 spiro atoms. The minimum absolute atomic E-state index is 0.0328. The molecular weight excluding hydrogens is 394 g/mol. The minimum atomic E-state index is -0.0328. The number of carbonyl (C=O) groups excluding carboxylic acids is 1. The van der Waals surface area contributed by atoms with Crippen molar-refractivity contribution in [3.05, 3.63) is 48.0 Å². The number of benzene rings is 2. The van der Waals surface area contributed by atoms with Crippen LogP contribution in [0.4, 0.5) is 10.8 Å². The molecule has 0 unspecified atom stereocenters. The molecule has 30 heavy (non-hydrogen) atoms. The van der Waals surface area contributed by atoms with Gasteiger partial charge < -0.3 is 15.0 Å². The molecule has 1 amide bonds. The lowest BCUT2D eigenvalue weighted by atomic mass is 9.97. The van der Waals surface area contributed by atoms with Crippen LogP contribution in [0, 0.1) is 5.92 Å². The topological polar surface area (TPSA) is 54.5 Å². The van der Waals surface area contributed by atoms with E-state index in [-0.39, 0.29) is 11.8 Å². The number of rotatable bonds is 6. The number of carbonyl (C=O) groups is 1. The summed E-state index contributed by atoms with van der Waals surface area (Å²) in [5, 5.41) is 4.08. The number of ether oxygens (including phenoxy) is 1. The molecule has 1 aliphatic heterocycles. The fraction of sp³-hybridized carbons (Fsp3) is 0.417. The lowest BCUT2D eigenvalue weighted by Gasteiger charge is -2.31. The van der Waals surface area contributed by atoms with E-state index in [0.717, 1.165) is 46.2 Å². The van der Waals surface area contributed by atoms with E-state index in [1.54, 1.807) is 11.3 Å². The van der Waals surface area contributed by atoms with Gasteiger partial charge in [-0.15, -0.1) is 0 Å². The Morgan fingerprint density at radius 1 is 1.27 bits per heavy atom. The number of aromatic nitrogens is 1. The largest absolute Gasteiger partial charge is 0.494 e. The van der Waals surface area contributed by atoms with E-state index in [2.05, 4.69) is 42.3 Å². The quantitative estimate of drug-likeness (QED) is 0.555. The average Bonchev–Trinajstić information content (AvgIpc) is 3.18. The van der Waals surface area contributed by atoms with Crippen LogP contribution in [-0.4, -0.2) is 30.6 Å². The summed E-state index contributed by atoms with van der Waals surface area (Å²) in [6.07, 6.45) is 1.90. The third-order valence-electron chi connectivity index (χ3n) is 5.57. The SMILES string of the molecule is CCOc1ccc2nc(N3CCC[C@@H](C(=O)Nc4ccc(C(C)C)cc4)C3)sc2c1. The van der Waals surface area contributed by atoms with Crippen LogP contribution in [-0.2, 0) is 4.79 Å². The molecule has 1 saturated heterocycles. The smallest absolute Gasteiger partial charge is 0.229 e. The number of nitrogens with one attached hydrogen (secondary N) is 1. The standard InChI is InChI=1S/C24H29N3O2S/c1-4-29-20-11-12-21-22(14-20)30-24(26-21)27-13-5-6-18(15-27)23(28)25-19-9-7-17(8-10-19)16(2)3/h7-12,14,16,18H,4-6,13,15H2,1-3H3,(H,25,28)/t18-/m1/s1. The number of hydrogen-bond donors (Lipinski definition) is 1. The highest BCUT2D eigenvalue weighted by Crippen LogP contribution is 2.33. The van der Waals surface area contributed by atoms with Gasteiger partial charge in [0.05, 0.1) is 22.7 Å². The maximum atomic E-state index is 12.9. The van der Waals surface area contributed by atoms with Crippen molar-refractivity contribution in [1.82, 2.24) is 4.98 Å². The third-order valence-corrected chi connectivity index (χ3v) is 6.65. The van der Waals surface area contributed by atoms with Gasteiger partial charge in [-0.1, -0.05) is 37.3 Å². The van der Waals surface area contributed by atoms with Gasteiger partial charge in [-0.25, -0.2) is 4.98 Å². The minimum Gasteiger partial charge on any atom is -0.494 e. The molecule has 1 aromatic heterocycles. The second-order valence-corrected chi connectivity index (χ2v) is 9.12. The molecule has 1 fully saturated rings. The van der Waals surface area contributed by atoms with Gasteiger partial charge in [0.2, 0.25) is 5.91 Å². The monoisotopic (exact) mass is 423 g/mol. The highest BCUT2D eigenvalue weighted by molar-refractivity contribution is 7.22. The van der Waals surface area contributed by atoms with Gasteiger partial charge in [-0.2, -0.15) is 0 Å². The van der Waals surface area contributed by atoms with Crippen LogP contribution in [0.3, 0.4) is 0 Å². The molecule has 0 aliphatic carbocycles. The van der Waals surface area contributed by atoms with Crippen LogP contribution < -0.4 is 15.0 Å². The zero-order valence-electron chi connectivity index (χ0n) is 17.9. The Hall–Kier alpha value is -2.60. The number of amides is 1. The maximum Gasteiger partial charge on any atom is 0.229 e. The Kier molecular flexibility index (Phi) is 6.23. The van der Waals surface area contributed by atoms with E-state index < -0.39 is 0 Å². The molecule has 5 nitrogen and oxygen atoms in total. The summed E-state index contributed by atoms with van der Waals surface area (Å²) < 4.78 is 6.72. The molecule has 1 aliphatic rings. The summed E-state index contributed by atoms with van der Waals surface area (Å²) in [6.45, 7) is 8.62. The number of thiazole rings is 1. The third kappa shape index (κ3) is 4.59. The Morgan fingerprint density at radius 3 is 2.80 bits per heavy atom. The van der Waals surface area contributed by atoms with Crippen LogP contribution in [0.1, 0.15) is 45.1 Å². The second-order valence-electron chi connectivity index (χ2n) is 8.11. The van der Waals surface area contributed by atoms with Crippen molar-refractivity contribution in [1.29, 1.82) is 0 Å². The molecule has 158 valence electrons. The fourth-order valence-electron chi connectivity index (χ4n) is 3.85. The van der Waals surface area contributed by atoms with E-state index in [1.807, 2.05) is 31.2 Å². The summed E-state index contributed by atoms with van der Waals surface area (Å²) in [5.74, 6) is 1.42. The first-order chi connectivity index (χ1) is 14.5. The molecule has 4 rings (SSSR count). The summed E-state index contributed by atoms with van der Waals surface area (Å²) in [7, 11) is 0. The Bertz CT molecular complexity index is 1010. The van der Waals surface area contributed by atoms with Crippen LogP contribution in [0.25, 0.3) is 10.2 Å². The predicted molar refractivity (Wildman–Crippen MR) is 125 cm³/mol. The summed E-state index contributed by atoms with van der Waals surface area (Å²) in [5.41, 5.74) is 3.13. The van der Waals surface area contributed by atoms with Gasteiger partial charge in [-0.05, 0) is 61.6 Å². The summed E-state index contributed by atoms with van der Waals surface area (Å²) >= 11 is 1.67. The first-order valence-corrected chi connectivity index (χ1v) is 11.5. The molecular formula is C24H29N3O2S. The van der Waals surface area contributed by atoms with Gasteiger partial charge in [0.1, 0.15) is 5.75 Å². The van der Waals surface area contributed by atoms with Crippen molar-refractivity contribution >= 4 is 38.3 Å². The lowest BCUT2D eigenvalue weighted by Crippen LogP contribution is -2.40. The first-order valence-electron chi connectivity index (χ1n) is 10.7. The normalized spacial score (nSPS) is 16.8. The number of nitrogens with zero attached hydrogens (tertiary/aromatic N) is 2. The molecule has 0 radical (unpaired) electrons.